The first kappa shape index (κ1) is 12.7. The molecule has 0 amide bonds. The molecule has 0 aliphatic heterocycles. The van der Waals surface area contributed by atoms with Crippen molar-refractivity contribution >= 4 is 29.1 Å². The van der Waals surface area contributed by atoms with Crippen LogP contribution in [0.5, 0.6) is 0 Å². The Morgan fingerprint density at radius 1 is 1.47 bits per heavy atom. The van der Waals surface area contributed by atoms with Gasteiger partial charge in [-0.15, -0.1) is 0 Å². The zero-order valence-corrected chi connectivity index (χ0v) is 10.4. The lowest BCUT2D eigenvalue weighted by molar-refractivity contribution is 0.200. The summed E-state index contributed by atoms with van der Waals surface area (Å²) in [5.74, 6) is 1.99. The van der Waals surface area contributed by atoms with Gasteiger partial charge in [-0.3, -0.25) is 0 Å². The zero-order valence-electron chi connectivity index (χ0n) is 8.83. The van der Waals surface area contributed by atoms with Gasteiger partial charge in [0.25, 0.3) is 0 Å². The number of rotatable bonds is 6. The molecule has 0 fully saturated rings. The quantitative estimate of drug-likeness (QED) is 0.618. The molecule has 0 aromatic heterocycles. The summed E-state index contributed by atoms with van der Waals surface area (Å²) in [6.07, 6.45) is 1.07. The molecule has 0 saturated carbocycles. The fraction of sp³-hybridized carbons (Fsp3) is 0.455. The van der Waals surface area contributed by atoms with Gasteiger partial charge in [0.15, 0.2) is 0 Å². The molecule has 4 heteroatoms. The van der Waals surface area contributed by atoms with Crippen LogP contribution in [0, 0.1) is 0 Å². The molecule has 0 radical (unpaired) electrons. The largest absolute Gasteiger partial charge is 0.399 e. The molecule has 0 aliphatic carbocycles. The van der Waals surface area contributed by atoms with E-state index in [0.29, 0.717) is 0 Å². The van der Waals surface area contributed by atoms with Crippen LogP contribution in [0.3, 0.4) is 0 Å². The zero-order chi connectivity index (χ0) is 11.1. The third kappa shape index (κ3) is 4.78. The molecule has 0 spiro atoms. The minimum Gasteiger partial charge on any atom is -0.399 e. The second-order valence-electron chi connectivity index (χ2n) is 3.25. The van der Waals surface area contributed by atoms with E-state index >= 15 is 0 Å². The van der Waals surface area contributed by atoms with Crippen LogP contribution in [0.4, 0.5) is 5.69 Å². The predicted molar refractivity (Wildman–Crippen MR) is 68.5 cm³/mol. The van der Waals surface area contributed by atoms with E-state index in [0.717, 1.165) is 40.8 Å². The van der Waals surface area contributed by atoms with Gasteiger partial charge in [0, 0.05) is 30.2 Å². The van der Waals surface area contributed by atoms with Crippen LogP contribution >= 0.6 is 23.4 Å². The third-order valence-corrected chi connectivity index (χ3v) is 3.43. The van der Waals surface area contributed by atoms with Crippen LogP contribution in [0.2, 0.25) is 5.02 Å². The Hall–Kier alpha value is -0.380. The van der Waals surface area contributed by atoms with Gasteiger partial charge in [-0.05, 0) is 35.9 Å². The van der Waals surface area contributed by atoms with Gasteiger partial charge in [0.2, 0.25) is 0 Å². The number of hydrogen-bond acceptors (Lipinski definition) is 3. The maximum absolute atomic E-state index is 6.04. The summed E-state index contributed by atoms with van der Waals surface area (Å²) in [4.78, 5) is 0. The average molecular weight is 246 g/mol. The van der Waals surface area contributed by atoms with Crippen LogP contribution in [-0.2, 0) is 10.5 Å². The van der Waals surface area contributed by atoms with E-state index in [1.807, 2.05) is 30.0 Å². The number of thioether (sulfide) groups is 1. The molecule has 1 rings (SSSR count). The van der Waals surface area contributed by atoms with Crippen LogP contribution in [0.15, 0.2) is 18.2 Å². The standard InChI is InChI=1S/C11H16ClNOS/c1-14-5-2-6-15-8-9-7-10(13)3-4-11(9)12/h3-4,7H,2,5-6,8,13H2,1H3. The smallest absolute Gasteiger partial charge is 0.0470 e. The first-order chi connectivity index (χ1) is 7.24. The molecule has 0 aliphatic rings. The minimum atomic E-state index is 0.770. The van der Waals surface area contributed by atoms with Gasteiger partial charge in [0.05, 0.1) is 0 Å². The molecule has 2 nitrogen and oxygen atoms in total. The number of anilines is 1. The number of nitrogen functional groups attached to an aromatic ring is 1. The fourth-order valence-electron chi connectivity index (χ4n) is 1.19. The number of halogens is 1. The molecule has 0 atom stereocenters. The van der Waals surface area contributed by atoms with Crippen molar-refractivity contribution in [2.24, 2.45) is 0 Å². The average Bonchev–Trinajstić information content (AvgIpc) is 2.23. The molecule has 1 aromatic carbocycles. The third-order valence-electron chi connectivity index (χ3n) is 1.96. The summed E-state index contributed by atoms with van der Waals surface area (Å²) < 4.78 is 4.98. The number of hydrogen-bond donors (Lipinski definition) is 1. The first-order valence-electron chi connectivity index (χ1n) is 4.84. The summed E-state index contributed by atoms with van der Waals surface area (Å²) in [5, 5.41) is 0.795. The highest BCUT2D eigenvalue weighted by Crippen LogP contribution is 2.23. The molecule has 0 bridgehead atoms. The van der Waals surface area contributed by atoms with Crippen LogP contribution in [0.1, 0.15) is 12.0 Å². The molecule has 1 aromatic rings. The summed E-state index contributed by atoms with van der Waals surface area (Å²) >= 11 is 7.89. The van der Waals surface area contributed by atoms with E-state index in [1.165, 1.54) is 0 Å². The molecule has 0 unspecified atom stereocenters. The van der Waals surface area contributed by atoms with Crippen molar-refractivity contribution in [1.82, 2.24) is 0 Å². The predicted octanol–water partition coefficient (Wildman–Crippen LogP) is 3.19. The number of methoxy groups -OCH3 is 1. The highest BCUT2D eigenvalue weighted by Gasteiger charge is 2.00. The summed E-state index contributed by atoms with van der Waals surface area (Å²) in [5.41, 5.74) is 7.57. The lowest BCUT2D eigenvalue weighted by atomic mass is 10.2. The van der Waals surface area contributed by atoms with E-state index in [4.69, 9.17) is 22.1 Å². The van der Waals surface area contributed by atoms with Crippen molar-refractivity contribution in [1.29, 1.82) is 0 Å². The van der Waals surface area contributed by atoms with Crippen LogP contribution < -0.4 is 5.73 Å². The van der Waals surface area contributed by atoms with Gasteiger partial charge in [-0.2, -0.15) is 11.8 Å². The highest BCUT2D eigenvalue weighted by molar-refractivity contribution is 7.98. The normalized spacial score (nSPS) is 10.5. The monoisotopic (exact) mass is 245 g/mol. The highest BCUT2D eigenvalue weighted by atomic mass is 35.5. The summed E-state index contributed by atoms with van der Waals surface area (Å²) in [6.45, 7) is 0.817. The Morgan fingerprint density at radius 3 is 3.00 bits per heavy atom. The fourth-order valence-corrected chi connectivity index (χ4v) is 2.38. The van der Waals surface area contributed by atoms with Gasteiger partial charge < -0.3 is 10.5 Å². The Balaban J connectivity index is 2.33. The molecule has 15 heavy (non-hydrogen) atoms. The van der Waals surface area contributed by atoms with Gasteiger partial charge in [0.1, 0.15) is 0 Å². The second kappa shape index (κ2) is 6.99. The molecular weight excluding hydrogens is 230 g/mol. The van der Waals surface area contributed by atoms with Crippen molar-refractivity contribution in [3.63, 3.8) is 0 Å². The SMILES string of the molecule is COCCCSCc1cc(N)ccc1Cl. The van der Waals surface area contributed by atoms with Gasteiger partial charge >= 0.3 is 0 Å². The van der Waals surface area contributed by atoms with Crippen molar-refractivity contribution < 1.29 is 4.74 Å². The Bertz CT molecular complexity index is 307. The van der Waals surface area contributed by atoms with Gasteiger partial charge in [-0.25, -0.2) is 0 Å². The maximum Gasteiger partial charge on any atom is 0.0470 e. The van der Waals surface area contributed by atoms with E-state index in [2.05, 4.69) is 0 Å². The van der Waals surface area contributed by atoms with Crippen molar-refractivity contribution in [3.05, 3.63) is 28.8 Å². The van der Waals surface area contributed by atoms with Crippen molar-refractivity contribution in [2.75, 3.05) is 25.2 Å². The molecule has 2 N–H and O–H groups in total. The summed E-state index contributed by atoms with van der Waals surface area (Å²) in [7, 11) is 1.72. The van der Waals surface area contributed by atoms with E-state index in [9.17, 15) is 0 Å². The van der Waals surface area contributed by atoms with Gasteiger partial charge in [-0.1, -0.05) is 11.6 Å². The van der Waals surface area contributed by atoms with Crippen LogP contribution in [0.25, 0.3) is 0 Å². The van der Waals surface area contributed by atoms with Crippen molar-refractivity contribution in [2.45, 2.75) is 12.2 Å². The Morgan fingerprint density at radius 2 is 2.27 bits per heavy atom. The maximum atomic E-state index is 6.04. The van der Waals surface area contributed by atoms with E-state index in [-0.39, 0.29) is 0 Å². The lowest BCUT2D eigenvalue weighted by Gasteiger charge is -2.05. The molecule has 0 heterocycles. The Labute approximate surface area is 100 Å². The summed E-state index contributed by atoms with van der Waals surface area (Å²) in [6, 6.07) is 5.61. The van der Waals surface area contributed by atoms with E-state index < -0.39 is 0 Å². The Kier molecular flexibility index (Phi) is 5.91. The lowest BCUT2D eigenvalue weighted by Crippen LogP contribution is -1.92. The van der Waals surface area contributed by atoms with Crippen molar-refractivity contribution in [3.8, 4) is 0 Å². The van der Waals surface area contributed by atoms with Crippen LogP contribution in [-0.4, -0.2) is 19.5 Å². The molecule has 0 saturated heterocycles. The topological polar surface area (TPSA) is 35.2 Å². The van der Waals surface area contributed by atoms with E-state index in [1.54, 1.807) is 7.11 Å². The molecular formula is C11H16ClNOS. The molecule has 84 valence electrons. The first-order valence-corrected chi connectivity index (χ1v) is 6.38. The number of benzene rings is 1. The second-order valence-corrected chi connectivity index (χ2v) is 4.76. The number of nitrogens with two attached hydrogens (primary N) is 1. The minimum absolute atomic E-state index is 0.770. The number of ether oxygens (including phenoxy) is 1.